The van der Waals surface area contributed by atoms with Gasteiger partial charge in [0.1, 0.15) is 0 Å². The van der Waals surface area contributed by atoms with Gasteiger partial charge in [0.15, 0.2) is 0 Å². The summed E-state index contributed by atoms with van der Waals surface area (Å²) in [5.41, 5.74) is 2.53. The molecule has 0 heterocycles. The molecule has 0 aromatic heterocycles. The smallest absolute Gasteiger partial charge is 0.0340 e. The largest absolute Gasteiger partial charge is 0.384 e. The highest BCUT2D eigenvalue weighted by Gasteiger charge is 1.99. The Hall–Kier alpha value is -1.02. The Labute approximate surface area is 99.7 Å². The fraction of sp³-hybridized carbons (Fsp3) is 0.571. The van der Waals surface area contributed by atoms with Gasteiger partial charge in [-0.2, -0.15) is 0 Å². The monoisotopic (exact) mass is 220 g/mol. The minimum atomic E-state index is 1.02. The zero-order valence-corrected chi connectivity index (χ0v) is 10.8. The maximum atomic E-state index is 3.45. The Kier molecular flexibility index (Phi) is 5.94. The quantitative estimate of drug-likeness (QED) is 0.759. The zero-order valence-electron chi connectivity index (χ0n) is 10.8. The van der Waals surface area contributed by atoms with Crippen LogP contribution in [0.5, 0.6) is 0 Å². The van der Waals surface area contributed by atoms with Crippen LogP contribution >= 0.6 is 0 Å². The van der Waals surface area contributed by atoms with Gasteiger partial charge in [-0.1, -0.05) is 31.5 Å². The molecule has 0 amide bonds. The van der Waals surface area contributed by atoms with E-state index in [9.17, 15) is 0 Å². The maximum absolute atomic E-state index is 3.45. The lowest BCUT2D eigenvalue weighted by molar-refractivity contribution is 0.300. The highest BCUT2D eigenvalue weighted by atomic mass is 15.1. The molecule has 0 fully saturated rings. The SMILES string of the molecule is CCCN(CC)CCNc1ccc(C)cc1. The van der Waals surface area contributed by atoms with E-state index >= 15 is 0 Å². The number of hydrogen-bond donors (Lipinski definition) is 1. The van der Waals surface area contributed by atoms with Crippen LogP contribution in [0.1, 0.15) is 25.8 Å². The normalized spacial score (nSPS) is 10.8. The van der Waals surface area contributed by atoms with Crippen molar-refractivity contribution in [3.63, 3.8) is 0 Å². The van der Waals surface area contributed by atoms with Gasteiger partial charge in [-0.15, -0.1) is 0 Å². The van der Waals surface area contributed by atoms with Crippen molar-refractivity contribution in [2.45, 2.75) is 27.2 Å². The highest BCUT2D eigenvalue weighted by molar-refractivity contribution is 5.44. The molecule has 0 spiro atoms. The molecule has 1 aromatic rings. The van der Waals surface area contributed by atoms with Gasteiger partial charge in [0, 0.05) is 18.8 Å². The third-order valence-electron chi connectivity index (χ3n) is 2.80. The minimum absolute atomic E-state index is 1.02. The highest BCUT2D eigenvalue weighted by Crippen LogP contribution is 2.07. The number of rotatable bonds is 7. The van der Waals surface area contributed by atoms with E-state index in [1.165, 1.54) is 24.2 Å². The fourth-order valence-corrected chi connectivity index (χ4v) is 1.77. The molecule has 0 atom stereocenters. The summed E-state index contributed by atoms with van der Waals surface area (Å²) >= 11 is 0. The average molecular weight is 220 g/mol. The molecule has 0 unspecified atom stereocenters. The Bertz CT molecular complexity index is 279. The van der Waals surface area contributed by atoms with E-state index < -0.39 is 0 Å². The zero-order chi connectivity index (χ0) is 11.8. The number of nitrogens with zero attached hydrogens (tertiary/aromatic N) is 1. The molecule has 1 N–H and O–H groups in total. The van der Waals surface area contributed by atoms with Crippen molar-refractivity contribution >= 4 is 5.69 Å². The predicted octanol–water partition coefficient (Wildman–Crippen LogP) is 3.14. The van der Waals surface area contributed by atoms with E-state index in [-0.39, 0.29) is 0 Å². The van der Waals surface area contributed by atoms with E-state index in [2.05, 4.69) is 55.3 Å². The molecule has 2 heteroatoms. The van der Waals surface area contributed by atoms with E-state index in [0.29, 0.717) is 0 Å². The first kappa shape index (κ1) is 13.0. The van der Waals surface area contributed by atoms with Gasteiger partial charge in [-0.25, -0.2) is 0 Å². The summed E-state index contributed by atoms with van der Waals surface area (Å²) in [6, 6.07) is 8.58. The van der Waals surface area contributed by atoms with Crippen LogP contribution in [-0.4, -0.2) is 31.1 Å². The number of benzene rings is 1. The van der Waals surface area contributed by atoms with Gasteiger partial charge in [-0.05, 0) is 38.6 Å². The summed E-state index contributed by atoms with van der Waals surface area (Å²) in [6.45, 7) is 11.1. The first-order valence-electron chi connectivity index (χ1n) is 6.29. The van der Waals surface area contributed by atoms with Crippen molar-refractivity contribution < 1.29 is 0 Å². The summed E-state index contributed by atoms with van der Waals surface area (Å²) in [5, 5.41) is 3.45. The molecule has 0 aliphatic heterocycles. The van der Waals surface area contributed by atoms with Crippen LogP contribution in [0.25, 0.3) is 0 Å². The number of anilines is 1. The van der Waals surface area contributed by atoms with Crippen molar-refractivity contribution in [3.05, 3.63) is 29.8 Å². The number of aryl methyl sites for hydroxylation is 1. The molecular formula is C14H24N2. The summed E-state index contributed by atoms with van der Waals surface area (Å²) in [4.78, 5) is 2.47. The molecule has 1 rings (SSSR count). The number of nitrogens with one attached hydrogen (secondary N) is 1. The molecule has 0 aliphatic rings. The Balaban J connectivity index is 2.26. The molecule has 0 bridgehead atoms. The Morgan fingerprint density at radius 3 is 2.31 bits per heavy atom. The number of likely N-dealkylation sites (N-methyl/N-ethyl adjacent to an activating group) is 1. The average Bonchev–Trinajstić information content (AvgIpc) is 2.30. The van der Waals surface area contributed by atoms with Gasteiger partial charge in [0.05, 0.1) is 0 Å². The van der Waals surface area contributed by atoms with Crippen molar-refractivity contribution in [3.8, 4) is 0 Å². The second kappa shape index (κ2) is 7.29. The molecule has 0 saturated carbocycles. The van der Waals surface area contributed by atoms with Crippen molar-refractivity contribution in [1.29, 1.82) is 0 Å². The van der Waals surface area contributed by atoms with Crippen molar-refractivity contribution in [2.24, 2.45) is 0 Å². The van der Waals surface area contributed by atoms with Gasteiger partial charge >= 0.3 is 0 Å². The molecule has 90 valence electrons. The van der Waals surface area contributed by atoms with Crippen molar-refractivity contribution in [2.75, 3.05) is 31.5 Å². The minimum Gasteiger partial charge on any atom is -0.384 e. The lowest BCUT2D eigenvalue weighted by atomic mass is 10.2. The molecule has 2 nitrogen and oxygen atoms in total. The van der Waals surface area contributed by atoms with Gasteiger partial charge in [-0.3, -0.25) is 0 Å². The summed E-state index contributed by atoms with van der Waals surface area (Å²) in [7, 11) is 0. The van der Waals surface area contributed by atoms with Crippen LogP contribution in [0.15, 0.2) is 24.3 Å². The van der Waals surface area contributed by atoms with Gasteiger partial charge < -0.3 is 10.2 Å². The molecular weight excluding hydrogens is 196 g/mol. The first-order chi connectivity index (χ1) is 7.76. The van der Waals surface area contributed by atoms with Crippen LogP contribution in [0.4, 0.5) is 5.69 Å². The Morgan fingerprint density at radius 1 is 1.06 bits per heavy atom. The van der Waals surface area contributed by atoms with Crippen LogP contribution in [0, 0.1) is 6.92 Å². The second-order valence-corrected chi connectivity index (χ2v) is 4.23. The predicted molar refractivity (Wildman–Crippen MR) is 72.1 cm³/mol. The van der Waals surface area contributed by atoms with Crippen LogP contribution in [-0.2, 0) is 0 Å². The van der Waals surface area contributed by atoms with Gasteiger partial charge in [0.25, 0.3) is 0 Å². The van der Waals surface area contributed by atoms with Crippen LogP contribution in [0.2, 0.25) is 0 Å². The first-order valence-corrected chi connectivity index (χ1v) is 6.29. The third-order valence-corrected chi connectivity index (χ3v) is 2.80. The van der Waals surface area contributed by atoms with E-state index in [1.807, 2.05) is 0 Å². The van der Waals surface area contributed by atoms with Crippen LogP contribution in [0.3, 0.4) is 0 Å². The molecule has 0 saturated heterocycles. The summed E-state index contributed by atoms with van der Waals surface area (Å²) in [5.74, 6) is 0. The fourth-order valence-electron chi connectivity index (χ4n) is 1.77. The lowest BCUT2D eigenvalue weighted by Crippen LogP contribution is -2.29. The molecule has 16 heavy (non-hydrogen) atoms. The third kappa shape index (κ3) is 4.67. The molecule has 0 aliphatic carbocycles. The van der Waals surface area contributed by atoms with E-state index in [4.69, 9.17) is 0 Å². The summed E-state index contributed by atoms with van der Waals surface area (Å²) in [6.07, 6.45) is 1.23. The number of hydrogen-bond acceptors (Lipinski definition) is 2. The van der Waals surface area contributed by atoms with Crippen molar-refractivity contribution in [1.82, 2.24) is 4.90 Å². The standard InChI is InChI=1S/C14H24N2/c1-4-11-16(5-2)12-10-15-14-8-6-13(3)7-9-14/h6-9,15H,4-5,10-12H2,1-3H3. The van der Waals surface area contributed by atoms with E-state index in [1.54, 1.807) is 0 Å². The molecule has 0 radical (unpaired) electrons. The Morgan fingerprint density at radius 2 is 1.75 bits per heavy atom. The lowest BCUT2D eigenvalue weighted by Gasteiger charge is -2.19. The second-order valence-electron chi connectivity index (χ2n) is 4.23. The summed E-state index contributed by atoms with van der Waals surface area (Å²) < 4.78 is 0. The topological polar surface area (TPSA) is 15.3 Å². The van der Waals surface area contributed by atoms with Crippen LogP contribution < -0.4 is 5.32 Å². The van der Waals surface area contributed by atoms with E-state index in [0.717, 1.165) is 19.6 Å². The maximum Gasteiger partial charge on any atom is 0.0340 e. The van der Waals surface area contributed by atoms with Gasteiger partial charge in [0.2, 0.25) is 0 Å². The molecule has 1 aromatic carbocycles.